The fourth-order valence-corrected chi connectivity index (χ4v) is 3.15. The Balaban J connectivity index is 1.65. The predicted molar refractivity (Wildman–Crippen MR) is 100 cm³/mol. The quantitative estimate of drug-likeness (QED) is 0.411. The van der Waals surface area contributed by atoms with Gasteiger partial charge < -0.3 is 14.1 Å². The Morgan fingerprint density at radius 3 is 2.85 bits per heavy atom. The van der Waals surface area contributed by atoms with E-state index < -0.39 is 0 Å². The van der Waals surface area contributed by atoms with Gasteiger partial charge in [-0.3, -0.25) is 9.48 Å². The highest BCUT2D eigenvalue weighted by Gasteiger charge is 2.20. The number of methoxy groups -OCH3 is 1. The summed E-state index contributed by atoms with van der Waals surface area (Å²) in [5.41, 5.74) is 0.950. The van der Waals surface area contributed by atoms with E-state index in [9.17, 15) is 4.79 Å². The molecule has 27 heavy (non-hydrogen) atoms. The van der Waals surface area contributed by atoms with Crippen LogP contribution in [0.1, 0.15) is 21.9 Å². The van der Waals surface area contributed by atoms with E-state index in [1.807, 2.05) is 19.3 Å². The number of thioether (sulfide) groups is 1. The lowest BCUT2D eigenvalue weighted by atomic mass is 10.3. The normalized spacial score (nSPS) is 10.9. The Hall–Kier alpha value is -2.65. The monoisotopic (exact) mass is 387 g/mol. The van der Waals surface area contributed by atoms with E-state index in [-0.39, 0.29) is 5.91 Å². The number of ether oxygens (including phenoxy) is 1. The second kappa shape index (κ2) is 9.33. The fraction of sp³-hybridized carbons (Fsp3) is 0.333. The average molecular weight is 387 g/mol. The number of amides is 1. The molecular weight excluding hydrogens is 366 g/mol. The van der Waals surface area contributed by atoms with Crippen molar-refractivity contribution in [1.82, 2.24) is 24.6 Å². The van der Waals surface area contributed by atoms with Gasteiger partial charge in [-0.2, -0.15) is 5.10 Å². The highest BCUT2D eigenvalue weighted by molar-refractivity contribution is 7.98. The molecule has 0 unspecified atom stereocenters. The van der Waals surface area contributed by atoms with Gasteiger partial charge in [0.15, 0.2) is 10.9 Å². The molecule has 142 valence electrons. The lowest BCUT2D eigenvalue weighted by Gasteiger charge is -2.20. The topological polar surface area (TPSA) is 86.3 Å². The van der Waals surface area contributed by atoms with Gasteiger partial charge in [-0.15, -0.1) is 0 Å². The number of aromatic nitrogens is 4. The first-order valence-corrected chi connectivity index (χ1v) is 9.38. The van der Waals surface area contributed by atoms with Crippen LogP contribution in [0.4, 0.5) is 0 Å². The van der Waals surface area contributed by atoms with Gasteiger partial charge in [0.2, 0.25) is 0 Å². The lowest BCUT2D eigenvalue weighted by molar-refractivity contribution is 0.0648. The van der Waals surface area contributed by atoms with E-state index in [2.05, 4.69) is 15.1 Å². The van der Waals surface area contributed by atoms with E-state index >= 15 is 0 Å². The summed E-state index contributed by atoms with van der Waals surface area (Å²) in [6.07, 6.45) is 7.02. The summed E-state index contributed by atoms with van der Waals surface area (Å²) in [6.45, 7) is 1.35. The van der Waals surface area contributed by atoms with E-state index in [1.54, 1.807) is 47.4 Å². The van der Waals surface area contributed by atoms with Crippen molar-refractivity contribution in [2.75, 3.05) is 20.3 Å². The summed E-state index contributed by atoms with van der Waals surface area (Å²) < 4.78 is 12.6. The zero-order valence-electron chi connectivity index (χ0n) is 15.2. The molecule has 0 aliphatic heterocycles. The molecular formula is C18H21N5O3S. The van der Waals surface area contributed by atoms with Crippen LogP contribution in [-0.2, 0) is 24.1 Å². The van der Waals surface area contributed by atoms with Gasteiger partial charge in [-0.25, -0.2) is 9.97 Å². The van der Waals surface area contributed by atoms with Gasteiger partial charge in [0, 0.05) is 51.4 Å². The maximum Gasteiger partial charge on any atom is 0.289 e. The number of hydrogen-bond donors (Lipinski definition) is 0. The van der Waals surface area contributed by atoms with Gasteiger partial charge in [-0.1, -0.05) is 11.8 Å². The van der Waals surface area contributed by atoms with Gasteiger partial charge in [0.05, 0.1) is 18.6 Å². The Labute approximate surface area is 161 Å². The standard InChI is InChI=1S/C18H21N5O3S/c1-22-11-14(10-21-22)12-23(8-9-25-2)17(24)16-5-4-15(26-16)13-27-18-19-6-3-7-20-18/h3-7,10-11H,8-9,12-13H2,1-2H3. The first kappa shape index (κ1) is 19.1. The largest absolute Gasteiger partial charge is 0.455 e. The van der Waals surface area contributed by atoms with Crippen molar-refractivity contribution in [2.24, 2.45) is 7.05 Å². The zero-order chi connectivity index (χ0) is 19.1. The van der Waals surface area contributed by atoms with Gasteiger partial charge in [-0.05, 0) is 18.2 Å². The van der Waals surface area contributed by atoms with Crippen molar-refractivity contribution in [3.63, 3.8) is 0 Å². The molecule has 0 N–H and O–H groups in total. The molecule has 0 bridgehead atoms. The van der Waals surface area contributed by atoms with Crippen LogP contribution in [0.5, 0.6) is 0 Å². The first-order valence-electron chi connectivity index (χ1n) is 8.40. The van der Waals surface area contributed by atoms with Crippen LogP contribution < -0.4 is 0 Å². The third kappa shape index (κ3) is 5.41. The van der Waals surface area contributed by atoms with E-state index in [1.165, 1.54) is 11.8 Å². The summed E-state index contributed by atoms with van der Waals surface area (Å²) in [5, 5.41) is 4.82. The Bertz CT molecular complexity index is 865. The van der Waals surface area contributed by atoms with Crippen molar-refractivity contribution >= 4 is 17.7 Å². The van der Waals surface area contributed by atoms with Crippen LogP contribution in [-0.4, -0.2) is 50.8 Å². The molecule has 0 aromatic carbocycles. The highest BCUT2D eigenvalue weighted by atomic mass is 32.2. The Morgan fingerprint density at radius 1 is 1.33 bits per heavy atom. The minimum Gasteiger partial charge on any atom is -0.455 e. The number of carbonyl (C=O) groups excluding carboxylic acids is 1. The van der Waals surface area contributed by atoms with Crippen LogP contribution in [0.2, 0.25) is 0 Å². The second-order valence-electron chi connectivity index (χ2n) is 5.83. The SMILES string of the molecule is COCCN(Cc1cnn(C)c1)C(=O)c1ccc(CSc2ncccn2)o1. The molecule has 9 heteroatoms. The van der Waals surface area contributed by atoms with E-state index in [4.69, 9.17) is 9.15 Å². The summed E-state index contributed by atoms with van der Waals surface area (Å²) in [4.78, 5) is 22.9. The molecule has 3 rings (SSSR count). The van der Waals surface area contributed by atoms with Crippen molar-refractivity contribution in [1.29, 1.82) is 0 Å². The minimum absolute atomic E-state index is 0.178. The molecule has 8 nitrogen and oxygen atoms in total. The molecule has 3 aromatic heterocycles. The van der Waals surface area contributed by atoms with Crippen molar-refractivity contribution < 1.29 is 13.9 Å². The number of nitrogens with zero attached hydrogens (tertiary/aromatic N) is 5. The van der Waals surface area contributed by atoms with Gasteiger partial charge in [0.25, 0.3) is 5.91 Å². The van der Waals surface area contributed by atoms with Gasteiger partial charge in [0.1, 0.15) is 5.76 Å². The third-order valence-electron chi connectivity index (χ3n) is 3.74. The summed E-state index contributed by atoms with van der Waals surface area (Å²) >= 11 is 1.45. The average Bonchev–Trinajstić information content (AvgIpc) is 3.32. The molecule has 0 saturated carbocycles. The molecule has 3 heterocycles. The summed E-state index contributed by atoms with van der Waals surface area (Å²) in [7, 11) is 3.46. The van der Waals surface area contributed by atoms with Crippen LogP contribution >= 0.6 is 11.8 Å². The molecule has 0 aliphatic rings. The number of rotatable bonds is 9. The maximum absolute atomic E-state index is 12.9. The molecule has 3 aromatic rings. The number of furan rings is 1. The number of aryl methyl sites for hydroxylation is 1. The van der Waals surface area contributed by atoms with E-state index in [0.29, 0.717) is 42.1 Å². The molecule has 0 fully saturated rings. The van der Waals surface area contributed by atoms with Crippen LogP contribution in [0.15, 0.2) is 52.6 Å². The lowest BCUT2D eigenvalue weighted by Crippen LogP contribution is -2.33. The summed E-state index contributed by atoms with van der Waals surface area (Å²) in [5.74, 6) is 1.38. The predicted octanol–water partition coefficient (Wildman–Crippen LogP) is 2.38. The molecule has 0 radical (unpaired) electrons. The zero-order valence-corrected chi connectivity index (χ0v) is 16.1. The van der Waals surface area contributed by atoms with Gasteiger partial charge >= 0.3 is 0 Å². The minimum atomic E-state index is -0.178. The number of hydrogen-bond acceptors (Lipinski definition) is 7. The summed E-state index contributed by atoms with van der Waals surface area (Å²) in [6, 6.07) is 5.28. The van der Waals surface area contributed by atoms with Crippen LogP contribution in [0.3, 0.4) is 0 Å². The second-order valence-corrected chi connectivity index (χ2v) is 6.77. The Kier molecular flexibility index (Phi) is 6.61. The smallest absolute Gasteiger partial charge is 0.289 e. The maximum atomic E-state index is 12.9. The number of carbonyl (C=O) groups is 1. The molecule has 0 atom stereocenters. The first-order chi connectivity index (χ1) is 13.2. The fourth-order valence-electron chi connectivity index (χ4n) is 2.45. The van der Waals surface area contributed by atoms with Crippen LogP contribution in [0.25, 0.3) is 0 Å². The molecule has 0 spiro atoms. The van der Waals surface area contributed by atoms with Crippen molar-refractivity contribution in [3.8, 4) is 0 Å². The van der Waals surface area contributed by atoms with Crippen molar-refractivity contribution in [3.05, 3.63) is 60.1 Å². The molecule has 0 saturated heterocycles. The Morgan fingerprint density at radius 2 is 2.15 bits per heavy atom. The third-order valence-corrected chi connectivity index (χ3v) is 4.64. The molecule has 1 amide bonds. The van der Waals surface area contributed by atoms with Crippen LogP contribution in [0, 0.1) is 0 Å². The highest BCUT2D eigenvalue weighted by Crippen LogP contribution is 2.21. The van der Waals surface area contributed by atoms with Crippen molar-refractivity contribution in [2.45, 2.75) is 17.5 Å². The van der Waals surface area contributed by atoms with E-state index in [0.717, 1.165) is 5.56 Å². The molecule has 0 aliphatic carbocycles.